The molecule has 0 bridgehead atoms. The zero-order valence-electron chi connectivity index (χ0n) is 10.2. The molecule has 2 rings (SSSR count). The number of carbonyl (C=O) groups is 1. The molecule has 1 heterocycles. The molecule has 0 atom stereocenters. The SMILES string of the molecule is O=C(NCc1ccccc1[N+](=O)[O-])c1ccc(Cl)nc1. The third kappa shape index (κ3) is 3.30. The van der Waals surface area contributed by atoms with Crippen molar-refractivity contribution in [1.29, 1.82) is 0 Å². The molecule has 0 saturated carbocycles. The van der Waals surface area contributed by atoms with E-state index in [4.69, 9.17) is 11.6 Å². The number of nitro groups is 1. The molecule has 2 aromatic rings. The number of nitrogens with one attached hydrogen (secondary N) is 1. The molecule has 0 saturated heterocycles. The highest BCUT2D eigenvalue weighted by Crippen LogP contribution is 2.17. The van der Waals surface area contributed by atoms with E-state index < -0.39 is 4.92 Å². The molecule has 0 unspecified atom stereocenters. The first-order valence-corrected chi connectivity index (χ1v) is 6.08. The summed E-state index contributed by atoms with van der Waals surface area (Å²) in [6.07, 6.45) is 1.34. The number of halogens is 1. The molecule has 0 aliphatic rings. The summed E-state index contributed by atoms with van der Waals surface area (Å²) in [7, 11) is 0. The number of carbonyl (C=O) groups excluding carboxylic acids is 1. The van der Waals surface area contributed by atoms with Crippen LogP contribution >= 0.6 is 11.6 Å². The molecule has 0 radical (unpaired) electrons. The van der Waals surface area contributed by atoms with Gasteiger partial charge >= 0.3 is 0 Å². The summed E-state index contributed by atoms with van der Waals surface area (Å²) in [5, 5.41) is 13.7. The molecule has 1 aromatic heterocycles. The fourth-order valence-corrected chi connectivity index (χ4v) is 1.74. The number of aromatic nitrogens is 1. The maximum atomic E-state index is 11.8. The molecule has 0 spiro atoms. The van der Waals surface area contributed by atoms with Crippen LogP contribution in [0.3, 0.4) is 0 Å². The van der Waals surface area contributed by atoms with Gasteiger partial charge in [0, 0.05) is 24.4 Å². The summed E-state index contributed by atoms with van der Waals surface area (Å²) in [4.78, 5) is 26.0. The number of hydrogen-bond donors (Lipinski definition) is 1. The molecule has 6 nitrogen and oxygen atoms in total. The van der Waals surface area contributed by atoms with Crippen molar-refractivity contribution in [2.75, 3.05) is 0 Å². The number of pyridine rings is 1. The summed E-state index contributed by atoms with van der Waals surface area (Å²) in [6.45, 7) is 0.0681. The Balaban J connectivity index is 2.07. The van der Waals surface area contributed by atoms with E-state index in [-0.39, 0.29) is 18.1 Å². The predicted octanol–water partition coefficient (Wildman–Crippen LogP) is 2.57. The van der Waals surface area contributed by atoms with Crippen LogP contribution in [0.15, 0.2) is 42.6 Å². The highest BCUT2D eigenvalue weighted by atomic mass is 35.5. The third-order valence-electron chi connectivity index (χ3n) is 2.62. The Bertz CT molecular complexity index is 644. The number of hydrogen-bond acceptors (Lipinski definition) is 4. The molecular formula is C13H10ClN3O3. The fourth-order valence-electron chi connectivity index (χ4n) is 1.63. The van der Waals surface area contributed by atoms with Crippen molar-refractivity contribution in [3.8, 4) is 0 Å². The number of nitrogens with zero attached hydrogens (tertiary/aromatic N) is 2. The zero-order chi connectivity index (χ0) is 14.5. The topological polar surface area (TPSA) is 85.1 Å². The number of nitro benzene ring substituents is 1. The highest BCUT2D eigenvalue weighted by Gasteiger charge is 2.13. The van der Waals surface area contributed by atoms with Gasteiger partial charge in [0.1, 0.15) is 5.15 Å². The van der Waals surface area contributed by atoms with Gasteiger partial charge in [0.15, 0.2) is 0 Å². The summed E-state index contributed by atoms with van der Waals surface area (Å²) < 4.78 is 0. The van der Waals surface area contributed by atoms with Crippen LogP contribution in [-0.2, 0) is 6.54 Å². The molecule has 0 aliphatic carbocycles. The van der Waals surface area contributed by atoms with Crippen LogP contribution < -0.4 is 5.32 Å². The molecule has 20 heavy (non-hydrogen) atoms. The lowest BCUT2D eigenvalue weighted by Crippen LogP contribution is -2.23. The second-order valence-electron chi connectivity index (χ2n) is 3.94. The van der Waals surface area contributed by atoms with Crippen molar-refractivity contribution in [3.63, 3.8) is 0 Å². The predicted molar refractivity (Wildman–Crippen MR) is 73.5 cm³/mol. The molecule has 1 aromatic carbocycles. The summed E-state index contributed by atoms with van der Waals surface area (Å²) in [6, 6.07) is 9.28. The van der Waals surface area contributed by atoms with Crippen molar-refractivity contribution >= 4 is 23.2 Å². The lowest BCUT2D eigenvalue weighted by atomic mass is 10.1. The Labute approximate surface area is 119 Å². The molecule has 1 amide bonds. The second kappa shape index (κ2) is 6.12. The van der Waals surface area contributed by atoms with Gasteiger partial charge in [-0.2, -0.15) is 0 Å². The first-order chi connectivity index (χ1) is 9.58. The maximum absolute atomic E-state index is 11.8. The summed E-state index contributed by atoms with van der Waals surface area (Å²) in [5.74, 6) is -0.368. The van der Waals surface area contributed by atoms with Crippen molar-refractivity contribution in [3.05, 3.63) is 69.0 Å². The van der Waals surface area contributed by atoms with E-state index in [1.54, 1.807) is 18.2 Å². The standard InChI is InChI=1S/C13H10ClN3O3/c14-12-6-5-10(8-15-12)13(18)16-7-9-3-1-2-4-11(9)17(19)20/h1-6,8H,7H2,(H,16,18). The Morgan fingerprint density at radius 2 is 2.05 bits per heavy atom. The minimum Gasteiger partial charge on any atom is -0.348 e. The van der Waals surface area contributed by atoms with E-state index in [0.717, 1.165) is 0 Å². The first-order valence-electron chi connectivity index (χ1n) is 5.70. The van der Waals surface area contributed by atoms with Crippen LogP contribution in [0.5, 0.6) is 0 Å². The van der Waals surface area contributed by atoms with E-state index in [1.807, 2.05) is 0 Å². The van der Waals surface area contributed by atoms with Crippen LogP contribution in [0.1, 0.15) is 15.9 Å². The van der Waals surface area contributed by atoms with Gasteiger partial charge in [-0.3, -0.25) is 14.9 Å². The first kappa shape index (κ1) is 14.0. The number of benzene rings is 1. The fraction of sp³-hybridized carbons (Fsp3) is 0.0769. The van der Waals surface area contributed by atoms with Crippen LogP contribution in [-0.4, -0.2) is 15.8 Å². The molecule has 7 heteroatoms. The lowest BCUT2D eigenvalue weighted by Gasteiger charge is -2.05. The maximum Gasteiger partial charge on any atom is 0.274 e. The minimum absolute atomic E-state index is 0.0259. The Hall–Kier alpha value is -2.47. The smallest absolute Gasteiger partial charge is 0.274 e. The van der Waals surface area contributed by atoms with Crippen molar-refractivity contribution in [1.82, 2.24) is 10.3 Å². The molecule has 1 N–H and O–H groups in total. The molecular weight excluding hydrogens is 282 g/mol. The Morgan fingerprint density at radius 1 is 1.30 bits per heavy atom. The van der Waals surface area contributed by atoms with E-state index in [9.17, 15) is 14.9 Å². The highest BCUT2D eigenvalue weighted by molar-refractivity contribution is 6.29. The van der Waals surface area contributed by atoms with Crippen LogP contribution in [0.25, 0.3) is 0 Å². The third-order valence-corrected chi connectivity index (χ3v) is 2.84. The van der Waals surface area contributed by atoms with Gasteiger partial charge < -0.3 is 5.32 Å². The van der Waals surface area contributed by atoms with E-state index >= 15 is 0 Å². The van der Waals surface area contributed by atoms with Gasteiger partial charge in [-0.1, -0.05) is 29.8 Å². The molecule has 0 fully saturated rings. The number of amides is 1. The normalized spacial score (nSPS) is 10.1. The van der Waals surface area contributed by atoms with Crippen molar-refractivity contribution in [2.45, 2.75) is 6.54 Å². The van der Waals surface area contributed by atoms with Crippen LogP contribution in [0.2, 0.25) is 5.15 Å². The van der Waals surface area contributed by atoms with Crippen molar-refractivity contribution < 1.29 is 9.72 Å². The second-order valence-corrected chi connectivity index (χ2v) is 4.33. The van der Waals surface area contributed by atoms with Gasteiger partial charge in [0.2, 0.25) is 0 Å². The quantitative estimate of drug-likeness (QED) is 0.533. The van der Waals surface area contributed by atoms with Gasteiger partial charge in [0.05, 0.1) is 10.5 Å². The van der Waals surface area contributed by atoms with Gasteiger partial charge in [-0.15, -0.1) is 0 Å². The monoisotopic (exact) mass is 291 g/mol. The van der Waals surface area contributed by atoms with Crippen LogP contribution in [0.4, 0.5) is 5.69 Å². The molecule has 102 valence electrons. The number of para-hydroxylation sites is 1. The Morgan fingerprint density at radius 3 is 2.70 bits per heavy atom. The average molecular weight is 292 g/mol. The zero-order valence-corrected chi connectivity index (χ0v) is 11.0. The van der Waals surface area contributed by atoms with Gasteiger partial charge in [-0.25, -0.2) is 4.98 Å². The summed E-state index contributed by atoms with van der Waals surface area (Å²) >= 11 is 5.63. The van der Waals surface area contributed by atoms with Crippen LogP contribution in [0, 0.1) is 10.1 Å². The lowest BCUT2D eigenvalue weighted by molar-refractivity contribution is -0.385. The average Bonchev–Trinajstić information content (AvgIpc) is 2.45. The van der Waals surface area contributed by atoms with Crippen molar-refractivity contribution in [2.24, 2.45) is 0 Å². The van der Waals surface area contributed by atoms with Gasteiger partial charge in [-0.05, 0) is 12.1 Å². The van der Waals surface area contributed by atoms with E-state index in [1.165, 1.54) is 24.4 Å². The number of rotatable bonds is 4. The van der Waals surface area contributed by atoms with E-state index in [2.05, 4.69) is 10.3 Å². The largest absolute Gasteiger partial charge is 0.348 e. The molecule has 0 aliphatic heterocycles. The van der Waals surface area contributed by atoms with Gasteiger partial charge in [0.25, 0.3) is 11.6 Å². The van der Waals surface area contributed by atoms with E-state index in [0.29, 0.717) is 16.3 Å². The Kier molecular flexibility index (Phi) is 4.27. The summed E-state index contributed by atoms with van der Waals surface area (Å²) in [5.41, 5.74) is 0.753. The minimum atomic E-state index is -0.481.